The van der Waals surface area contributed by atoms with Gasteiger partial charge in [-0.25, -0.2) is 4.98 Å². The third-order valence-electron chi connectivity index (χ3n) is 5.51. The molecule has 0 bridgehead atoms. The lowest BCUT2D eigenvalue weighted by Gasteiger charge is -2.27. The zero-order chi connectivity index (χ0) is 20.8. The monoisotopic (exact) mass is 426 g/mol. The molecule has 2 N–H and O–H groups in total. The predicted octanol–water partition coefficient (Wildman–Crippen LogP) is 2.26. The van der Waals surface area contributed by atoms with Crippen molar-refractivity contribution in [2.75, 3.05) is 39.9 Å². The number of nitrogens with one attached hydrogen (secondary N) is 2. The van der Waals surface area contributed by atoms with Crippen molar-refractivity contribution in [1.29, 1.82) is 0 Å². The Kier molecular flexibility index (Phi) is 6.81. The van der Waals surface area contributed by atoms with Gasteiger partial charge in [-0.3, -0.25) is 4.79 Å². The fourth-order valence-electron chi connectivity index (χ4n) is 3.89. The number of ether oxygens (including phenoxy) is 2. The first-order chi connectivity index (χ1) is 14.7. The highest BCUT2D eigenvalue weighted by molar-refractivity contribution is 7.18. The van der Waals surface area contributed by atoms with Gasteiger partial charge in [-0.05, 0) is 24.3 Å². The summed E-state index contributed by atoms with van der Waals surface area (Å²) in [6, 6.07) is 15.8. The Hall–Kier alpha value is -2.64. The fourth-order valence-corrected chi connectivity index (χ4v) is 5.03. The number of fused-ring (bicyclic) bond motifs is 1. The van der Waals surface area contributed by atoms with Gasteiger partial charge in [0.2, 0.25) is 0 Å². The van der Waals surface area contributed by atoms with E-state index < -0.39 is 0 Å². The summed E-state index contributed by atoms with van der Waals surface area (Å²) in [6.45, 7) is 3.43. The summed E-state index contributed by atoms with van der Waals surface area (Å²) < 4.78 is 12.2. The van der Waals surface area contributed by atoms with Crippen molar-refractivity contribution < 1.29 is 19.2 Å². The van der Waals surface area contributed by atoms with E-state index in [9.17, 15) is 4.79 Å². The van der Waals surface area contributed by atoms with Crippen LogP contribution in [0.4, 0.5) is 0 Å². The van der Waals surface area contributed by atoms with Crippen molar-refractivity contribution in [3.63, 3.8) is 0 Å². The fraction of sp³-hybridized carbons (Fsp3) is 0.391. The number of nitrogens with zero attached hydrogens (tertiary/aromatic N) is 1. The van der Waals surface area contributed by atoms with Gasteiger partial charge in [-0.1, -0.05) is 24.3 Å². The highest BCUT2D eigenvalue weighted by atomic mass is 32.1. The lowest BCUT2D eigenvalue weighted by Crippen LogP contribution is -3.14. The molecular formula is C23H28N3O3S+. The second kappa shape index (κ2) is 9.91. The summed E-state index contributed by atoms with van der Waals surface area (Å²) in [5.74, 6) is 1.98. The van der Waals surface area contributed by atoms with Gasteiger partial charge in [0.1, 0.15) is 6.61 Å². The van der Waals surface area contributed by atoms with Crippen LogP contribution in [0.5, 0.6) is 11.5 Å². The first-order valence-electron chi connectivity index (χ1n) is 10.4. The standard InChI is InChI=1S/C23H27N3O3S/c1-28-19-7-3-4-8-20(19)29-15-12-24-22(27)16-26-13-10-17(11-14-26)23-25-18-6-2-5-9-21(18)30-23/h2-9,17H,10-16H2,1H3,(H,24,27)/p+1. The summed E-state index contributed by atoms with van der Waals surface area (Å²) >= 11 is 1.81. The van der Waals surface area contributed by atoms with Crippen LogP contribution in [0.2, 0.25) is 0 Å². The second-order valence-corrected chi connectivity index (χ2v) is 8.63. The van der Waals surface area contributed by atoms with Gasteiger partial charge in [0.25, 0.3) is 5.91 Å². The van der Waals surface area contributed by atoms with Crippen LogP contribution in [0, 0.1) is 0 Å². The maximum Gasteiger partial charge on any atom is 0.275 e. The second-order valence-electron chi connectivity index (χ2n) is 7.57. The van der Waals surface area contributed by atoms with Gasteiger partial charge in [0.15, 0.2) is 18.0 Å². The summed E-state index contributed by atoms with van der Waals surface area (Å²) in [4.78, 5) is 18.5. The molecule has 1 aromatic heterocycles. The van der Waals surface area contributed by atoms with Gasteiger partial charge < -0.3 is 19.7 Å². The van der Waals surface area contributed by atoms with Crippen molar-refractivity contribution in [3.05, 3.63) is 53.5 Å². The van der Waals surface area contributed by atoms with E-state index in [0.717, 1.165) is 31.4 Å². The number of likely N-dealkylation sites (tertiary alicyclic amines) is 1. The average Bonchev–Trinajstić information content (AvgIpc) is 3.22. The number of benzene rings is 2. The SMILES string of the molecule is COc1ccccc1OCCNC(=O)C[NH+]1CCC(c2nc3ccccc3s2)CC1. The van der Waals surface area contributed by atoms with E-state index in [0.29, 0.717) is 37.1 Å². The molecule has 1 aliphatic heterocycles. The minimum Gasteiger partial charge on any atom is -0.493 e. The Balaban J connectivity index is 1.17. The lowest BCUT2D eigenvalue weighted by atomic mass is 9.97. The van der Waals surface area contributed by atoms with Crippen LogP contribution in [0.25, 0.3) is 10.2 Å². The Bertz CT molecular complexity index is 949. The van der Waals surface area contributed by atoms with Gasteiger partial charge in [0.05, 0.1) is 42.0 Å². The lowest BCUT2D eigenvalue weighted by molar-refractivity contribution is -0.897. The summed E-state index contributed by atoms with van der Waals surface area (Å²) in [5.41, 5.74) is 1.10. The van der Waals surface area contributed by atoms with Crippen molar-refractivity contribution in [3.8, 4) is 11.5 Å². The largest absolute Gasteiger partial charge is 0.493 e. The highest BCUT2D eigenvalue weighted by Crippen LogP contribution is 2.31. The van der Waals surface area contributed by atoms with Crippen LogP contribution in [-0.2, 0) is 4.79 Å². The third kappa shape index (κ3) is 5.09. The zero-order valence-electron chi connectivity index (χ0n) is 17.2. The number of para-hydroxylation sites is 3. The molecule has 158 valence electrons. The third-order valence-corrected chi connectivity index (χ3v) is 6.71. The maximum atomic E-state index is 12.3. The topological polar surface area (TPSA) is 64.9 Å². The van der Waals surface area contributed by atoms with Crippen LogP contribution in [0.1, 0.15) is 23.8 Å². The Morgan fingerprint density at radius 1 is 1.13 bits per heavy atom. The molecule has 0 aliphatic carbocycles. The van der Waals surface area contributed by atoms with Crippen LogP contribution in [-0.4, -0.2) is 50.8 Å². The smallest absolute Gasteiger partial charge is 0.275 e. The Morgan fingerprint density at radius 3 is 2.63 bits per heavy atom. The minimum atomic E-state index is 0.0760. The van der Waals surface area contributed by atoms with Gasteiger partial charge in [0, 0.05) is 18.8 Å². The normalized spacial score (nSPS) is 18.8. The molecule has 4 rings (SSSR count). The molecule has 2 aromatic carbocycles. The van der Waals surface area contributed by atoms with Crippen molar-refractivity contribution >= 4 is 27.5 Å². The number of hydrogen-bond donors (Lipinski definition) is 2. The number of rotatable bonds is 8. The van der Waals surface area contributed by atoms with Gasteiger partial charge in [-0.15, -0.1) is 11.3 Å². The molecule has 1 aliphatic rings. The molecule has 0 atom stereocenters. The van der Waals surface area contributed by atoms with Crippen LogP contribution >= 0.6 is 11.3 Å². The number of amides is 1. The average molecular weight is 427 g/mol. The first-order valence-corrected chi connectivity index (χ1v) is 11.3. The summed E-state index contributed by atoms with van der Waals surface area (Å²) in [7, 11) is 1.62. The molecule has 2 heterocycles. The highest BCUT2D eigenvalue weighted by Gasteiger charge is 2.27. The minimum absolute atomic E-state index is 0.0760. The molecule has 1 saturated heterocycles. The van der Waals surface area contributed by atoms with Crippen LogP contribution in [0.3, 0.4) is 0 Å². The summed E-state index contributed by atoms with van der Waals surface area (Å²) in [6.07, 6.45) is 2.17. The molecule has 0 unspecified atom stereocenters. The quantitative estimate of drug-likeness (QED) is 0.543. The number of piperidine rings is 1. The predicted molar refractivity (Wildman–Crippen MR) is 119 cm³/mol. The molecule has 0 spiro atoms. The first kappa shape index (κ1) is 20.6. The van der Waals surface area contributed by atoms with E-state index in [1.165, 1.54) is 14.6 Å². The number of thiazole rings is 1. The number of quaternary nitrogens is 1. The van der Waals surface area contributed by atoms with E-state index in [1.807, 2.05) is 41.7 Å². The Labute approximate surface area is 180 Å². The molecular weight excluding hydrogens is 398 g/mol. The molecule has 6 nitrogen and oxygen atoms in total. The molecule has 1 fully saturated rings. The number of carbonyl (C=O) groups excluding carboxylic acids is 1. The maximum absolute atomic E-state index is 12.3. The number of hydrogen-bond acceptors (Lipinski definition) is 5. The zero-order valence-corrected chi connectivity index (χ0v) is 18.0. The van der Waals surface area contributed by atoms with Crippen molar-refractivity contribution in [2.45, 2.75) is 18.8 Å². The van der Waals surface area contributed by atoms with Gasteiger partial charge >= 0.3 is 0 Å². The van der Waals surface area contributed by atoms with Crippen molar-refractivity contribution in [1.82, 2.24) is 10.3 Å². The van der Waals surface area contributed by atoms with Crippen molar-refractivity contribution in [2.24, 2.45) is 0 Å². The summed E-state index contributed by atoms with van der Waals surface area (Å²) in [5, 5.41) is 4.21. The molecule has 1 amide bonds. The van der Waals surface area contributed by atoms with Gasteiger partial charge in [-0.2, -0.15) is 0 Å². The van der Waals surface area contributed by atoms with E-state index in [4.69, 9.17) is 14.5 Å². The van der Waals surface area contributed by atoms with Crippen LogP contribution < -0.4 is 19.7 Å². The number of methoxy groups -OCH3 is 1. The number of carbonyl (C=O) groups is 1. The van der Waals surface area contributed by atoms with E-state index >= 15 is 0 Å². The van der Waals surface area contributed by atoms with E-state index in [-0.39, 0.29) is 5.91 Å². The van der Waals surface area contributed by atoms with E-state index in [2.05, 4.69) is 23.5 Å². The Morgan fingerprint density at radius 2 is 1.87 bits per heavy atom. The molecule has 0 radical (unpaired) electrons. The molecule has 7 heteroatoms. The molecule has 3 aromatic rings. The molecule has 30 heavy (non-hydrogen) atoms. The van der Waals surface area contributed by atoms with E-state index in [1.54, 1.807) is 7.11 Å². The molecule has 0 saturated carbocycles. The van der Waals surface area contributed by atoms with Crippen LogP contribution in [0.15, 0.2) is 48.5 Å². The number of aromatic nitrogens is 1.